The molecule has 0 spiro atoms. The standard InChI is InChI=1S/C20H27N5O3.HI/c1-2-21-20(22-14-16-8-3-4-9-17(16)25(26)27)23-15-18(19-10-7-13-28-19)24-11-5-6-12-24;/h3-4,7-10,13,18H,2,5-6,11-12,14-15H2,1H3,(H2,21,22,23);1H. The Labute approximate surface area is 187 Å². The average Bonchev–Trinajstić information content (AvgIpc) is 3.41. The summed E-state index contributed by atoms with van der Waals surface area (Å²) in [7, 11) is 0. The van der Waals surface area contributed by atoms with Gasteiger partial charge in [0.25, 0.3) is 5.69 Å². The van der Waals surface area contributed by atoms with Gasteiger partial charge in [-0.1, -0.05) is 18.2 Å². The van der Waals surface area contributed by atoms with E-state index in [-0.39, 0.29) is 47.2 Å². The number of benzene rings is 1. The van der Waals surface area contributed by atoms with E-state index in [1.165, 1.54) is 18.9 Å². The normalized spacial score (nSPS) is 15.6. The summed E-state index contributed by atoms with van der Waals surface area (Å²) in [5, 5.41) is 17.8. The largest absolute Gasteiger partial charge is 0.468 e. The second-order valence-electron chi connectivity index (χ2n) is 6.74. The maximum Gasteiger partial charge on any atom is 0.274 e. The zero-order chi connectivity index (χ0) is 19.8. The maximum absolute atomic E-state index is 11.2. The number of halogens is 1. The monoisotopic (exact) mass is 513 g/mol. The second-order valence-corrected chi connectivity index (χ2v) is 6.74. The Hall–Kier alpha value is -2.14. The minimum atomic E-state index is -0.370. The maximum atomic E-state index is 11.2. The van der Waals surface area contributed by atoms with Crippen LogP contribution in [0.1, 0.15) is 37.1 Å². The fraction of sp³-hybridized carbons (Fsp3) is 0.450. The Kier molecular flexibility index (Phi) is 9.39. The van der Waals surface area contributed by atoms with Gasteiger partial charge in [0.05, 0.1) is 29.3 Å². The highest BCUT2D eigenvalue weighted by atomic mass is 127. The van der Waals surface area contributed by atoms with Crippen molar-refractivity contribution in [2.45, 2.75) is 32.4 Å². The van der Waals surface area contributed by atoms with Crippen molar-refractivity contribution >= 4 is 35.6 Å². The number of nitrogens with one attached hydrogen (secondary N) is 2. The van der Waals surface area contributed by atoms with Crippen LogP contribution in [0.4, 0.5) is 5.69 Å². The number of furan rings is 1. The molecule has 1 fully saturated rings. The van der Waals surface area contributed by atoms with Crippen LogP contribution < -0.4 is 10.6 Å². The predicted octanol–water partition coefficient (Wildman–Crippen LogP) is 3.70. The van der Waals surface area contributed by atoms with Gasteiger partial charge in [-0.25, -0.2) is 4.99 Å². The number of hydrogen-bond acceptors (Lipinski definition) is 5. The third-order valence-corrected chi connectivity index (χ3v) is 4.86. The summed E-state index contributed by atoms with van der Waals surface area (Å²) in [5.41, 5.74) is 0.680. The second kappa shape index (κ2) is 11.8. The lowest BCUT2D eigenvalue weighted by Gasteiger charge is -2.26. The van der Waals surface area contributed by atoms with Gasteiger partial charge >= 0.3 is 0 Å². The summed E-state index contributed by atoms with van der Waals surface area (Å²) < 4.78 is 5.65. The molecule has 0 saturated carbocycles. The van der Waals surface area contributed by atoms with Crippen molar-refractivity contribution in [3.63, 3.8) is 0 Å². The summed E-state index contributed by atoms with van der Waals surface area (Å²) in [5.74, 6) is 1.57. The topological polar surface area (TPSA) is 95.9 Å². The van der Waals surface area contributed by atoms with Gasteiger partial charge in [-0.15, -0.1) is 24.0 Å². The van der Waals surface area contributed by atoms with Crippen molar-refractivity contribution in [2.24, 2.45) is 4.99 Å². The van der Waals surface area contributed by atoms with E-state index >= 15 is 0 Å². The van der Waals surface area contributed by atoms with E-state index < -0.39 is 0 Å². The number of hydrogen-bond donors (Lipinski definition) is 2. The molecule has 0 amide bonds. The van der Waals surface area contributed by atoms with E-state index in [1.54, 1.807) is 24.5 Å². The van der Waals surface area contributed by atoms with Crippen LogP contribution in [0.3, 0.4) is 0 Å². The number of para-hydroxylation sites is 1. The van der Waals surface area contributed by atoms with Gasteiger partial charge in [-0.3, -0.25) is 15.0 Å². The molecule has 1 aliphatic heterocycles. The number of nitro groups is 1. The lowest BCUT2D eigenvalue weighted by Crippen LogP contribution is -2.42. The quantitative estimate of drug-likeness (QED) is 0.184. The van der Waals surface area contributed by atoms with Crippen LogP contribution >= 0.6 is 24.0 Å². The number of rotatable bonds is 8. The van der Waals surface area contributed by atoms with Crippen LogP contribution in [-0.2, 0) is 6.54 Å². The molecule has 2 aromatic rings. The lowest BCUT2D eigenvalue weighted by molar-refractivity contribution is -0.385. The average molecular weight is 513 g/mol. The molecule has 158 valence electrons. The van der Waals surface area contributed by atoms with Gasteiger partial charge in [-0.05, 0) is 45.0 Å². The summed E-state index contributed by atoms with van der Waals surface area (Å²) in [6, 6.07) is 10.7. The lowest BCUT2D eigenvalue weighted by atomic mass is 10.2. The van der Waals surface area contributed by atoms with E-state index in [2.05, 4.69) is 20.5 Å². The zero-order valence-corrected chi connectivity index (χ0v) is 18.9. The van der Waals surface area contributed by atoms with Crippen molar-refractivity contribution in [3.8, 4) is 0 Å². The fourth-order valence-electron chi connectivity index (χ4n) is 3.47. The number of nitrogens with zero attached hydrogens (tertiary/aromatic N) is 3. The first kappa shape index (κ1) is 23.1. The van der Waals surface area contributed by atoms with Crippen molar-refractivity contribution in [3.05, 3.63) is 64.1 Å². The van der Waals surface area contributed by atoms with Crippen LogP contribution in [0.15, 0.2) is 52.1 Å². The number of guanidine groups is 1. The Bertz CT molecular complexity index is 791. The van der Waals surface area contributed by atoms with Crippen LogP contribution in [0.25, 0.3) is 0 Å². The van der Waals surface area contributed by atoms with E-state index in [0.29, 0.717) is 24.6 Å². The van der Waals surface area contributed by atoms with Crippen LogP contribution in [-0.4, -0.2) is 42.0 Å². The molecule has 3 rings (SSSR count). The number of nitro benzene ring substituents is 1. The predicted molar refractivity (Wildman–Crippen MR) is 124 cm³/mol. The third kappa shape index (κ3) is 6.43. The molecule has 0 aliphatic carbocycles. The van der Waals surface area contributed by atoms with Gasteiger partial charge in [-0.2, -0.15) is 0 Å². The van der Waals surface area contributed by atoms with E-state index in [9.17, 15) is 10.1 Å². The first-order chi connectivity index (χ1) is 13.7. The summed E-state index contributed by atoms with van der Waals surface area (Å²) in [6.45, 7) is 5.69. The molecule has 9 heteroatoms. The first-order valence-electron chi connectivity index (χ1n) is 9.71. The minimum Gasteiger partial charge on any atom is -0.468 e. The molecule has 1 saturated heterocycles. The minimum absolute atomic E-state index is 0. The number of aliphatic imine (C=N–C) groups is 1. The molecule has 0 bridgehead atoms. The molecular weight excluding hydrogens is 485 g/mol. The molecule has 1 unspecified atom stereocenters. The first-order valence-corrected chi connectivity index (χ1v) is 9.71. The van der Waals surface area contributed by atoms with Gasteiger partial charge in [0.2, 0.25) is 0 Å². The highest BCUT2D eigenvalue weighted by Gasteiger charge is 2.25. The zero-order valence-electron chi connectivity index (χ0n) is 16.5. The molecule has 0 radical (unpaired) electrons. The van der Waals surface area contributed by atoms with Crippen molar-refractivity contribution in [1.29, 1.82) is 0 Å². The van der Waals surface area contributed by atoms with Crippen molar-refractivity contribution in [2.75, 3.05) is 26.2 Å². The van der Waals surface area contributed by atoms with E-state index in [1.807, 2.05) is 19.1 Å². The highest BCUT2D eigenvalue weighted by molar-refractivity contribution is 14.0. The van der Waals surface area contributed by atoms with Gasteiger partial charge in [0.1, 0.15) is 5.76 Å². The Balaban J connectivity index is 0.00000300. The molecule has 2 N–H and O–H groups in total. The fourth-order valence-corrected chi connectivity index (χ4v) is 3.47. The van der Waals surface area contributed by atoms with Crippen LogP contribution in [0.2, 0.25) is 0 Å². The Morgan fingerprint density at radius 2 is 2.00 bits per heavy atom. The molecule has 1 aromatic heterocycles. The van der Waals surface area contributed by atoms with Crippen molar-refractivity contribution in [1.82, 2.24) is 15.5 Å². The van der Waals surface area contributed by atoms with Crippen LogP contribution in [0.5, 0.6) is 0 Å². The smallest absolute Gasteiger partial charge is 0.274 e. The van der Waals surface area contributed by atoms with Gasteiger partial charge < -0.3 is 15.1 Å². The van der Waals surface area contributed by atoms with Gasteiger partial charge in [0.15, 0.2) is 5.96 Å². The molecule has 29 heavy (non-hydrogen) atoms. The van der Waals surface area contributed by atoms with Crippen LogP contribution in [0, 0.1) is 10.1 Å². The molecule has 1 aliphatic rings. The molecule has 1 atom stereocenters. The van der Waals surface area contributed by atoms with E-state index in [4.69, 9.17) is 4.42 Å². The molecular formula is C20H28IN5O3. The Morgan fingerprint density at radius 3 is 2.66 bits per heavy atom. The number of likely N-dealkylation sites (tertiary alicyclic amines) is 1. The third-order valence-electron chi connectivity index (χ3n) is 4.86. The molecule has 8 nitrogen and oxygen atoms in total. The molecule has 2 heterocycles. The molecule has 1 aromatic carbocycles. The van der Waals surface area contributed by atoms with E-state index in [0.717, 1.165) is 18.8 Å². The Morgan fingerprint density at radius 1 is 1.24 bits per heavy atom. The summed E-state index contributed by atoms with van der Waals surface area (Å²) in [6.07, 6.45) is 4.10. The van der Waals surface area contributed by atoms with Crippen molar-refractivity contribution < 1.29 is 9.34 Å². The summed E-state index contributed by atoms with van der Waals surface area (Å²) in [4.78, 5) is 17.8. The van der Waals surface area contributed by atoms with Gasteiger partial charge in [0, 0.05) is 19.2 Å². The SMILES string of the molecule is CCNC(=NCc1ccccc1[N+](=O)[O-])NCC(c1ccco1)N1CCCC1.I. The summed E-state index contributed by atoms with van der Waals surface area (Å²) >= 11 is 0. The highest BCUT2D eigenvalue weighted by Crippen LogP contribution is 2.25.